The van der Waals surface area contributed by atoms with Gasteiger partial charge in [-0.05, 0) is 90.2 Å². The van der Waals surface area contributed by atoms with Crippen LogP contribution in [0.15, 0.2) is 170 Å². The number of allylic oxidation sites excluding steroid dienone is 2. The van der Waals surface area contributed by atoms with E-state index in [0.717, 1.165) is 30.6 Å². The highest BCUT2D eigenvalue weighted by Gasteiger charge is 2.24. The van der Waals surface area contributed by atoms with E-state index in [-0.39, 0.29) is 6.04 Å². The Bertz CT molecular complexity index is 2770. The molecule has 250 valence electrons. The van der Waals surface area contributed by atoms with E-state index in [0.29, 0.717) is 0 Å². The highest BCUT2D eigenvalue weighted by molar-refractivity contribution is 7.26. The number of hydrogen-bond acceptors (Lipinski definition) is 4. The molecule has 2 aromatic heterocycles. The monoisotopic (exact) mass is 704 g/mol. The van der Waals surface area contributed by atoms with E-state index in [1.807, 2.05) is 22.7 Å². The molecule has 0 N–H and O–H groups in total. The summed E-state index contributed by atoms with van der Waals surface area (Å²) in [7, 11) is 0. The van der Waals surface area contributed by atoms with Crippen LogP contribution in [-0.2, 0) is 0 Å². The molecule has 6 aromatic carbocycles. The minimum absolute atomic E-state index is 0.288. The molecule has 10 rings (SSSR count). The summed E-state index contributed by atoms with van der Waals surface area (Å²) in [4.78, 5) is 5.01. The third-order valence-corrected chi connectivity index (χ3v) is 12.9. The van der Waals surface area contributed by atoms with E-state index in [9.17, 15) is 0 Å². The molecular weight excluding hydrogens is 669 g/mol. The fourth-order valence-electron chi connectivity index (χ4n) is 8.02. The number of fused-ring (bicyclic) bond motifs is 6. The summed E-state index contributed by atoms with van der Waals surface area (Å²) in [6, 6.07) is 53.7. The van der Waals surface area contributed by atoms with Crippen LogP contribution in [0.5, 0.6) is 0 Å². The van der Waals surface area contributed by atoms with Crippen LogP contribution in [0.2, 0.25) is 0 Å². The maximum Gasteiger partial charge on any atom is 0.0640 e. The van der Waals surface area contributed by atoms with Crippen LogP contribution in [0.4, 0.5) is 22.7 Å². The summed E-state index contributed by atoms with van der Waals surface area (Å²) < 4.78 is 5.41. The predicted molar refractivity (Wildman–Crippen MR) is 227 cm³/mol. The molecule has 0 spiro atoms. The Balaban J connectivity index is 1.02. The van der Waals surface area contributed by atoms with Gasteiger partial charge in [0.05, 0.1) is 21.0 Å². The zero-order valence-corrected chi connectivity index (χ0v) is 30.3. The molecule has 52 heavy (non-hydrogen) atoms. The number of rotatable bonds is 7. The largest absolute Gasteiger partial charge is 0.336 e. The van der Waals surface area contributed by atoms with Crippen LogP contribution in [0.3, 0.4) is 0 Å². The lowest BCUT2D eigenvalue weighted by molar-refractivity contribution is 0.769. The highest BCUT2D eigenvalue weighted by atomic mass is 32.1. The van der Waals surface area contributed by atoms with Crippen molar-refractivity contribution in [3.05, 3.63) is 180 Å². The second-order valence-corrected chi connectivity index (χ2v) is 15.6. The van der Waals surface area contributed by atoms with Gasteiger partial charge in [-0.2, -0.15) is 0 Å². The number of para-hydroxylation sites is 1. The van der Waals surface area contributed by atoms with E-state index in [1.165, 1.54) is 68.2 Å². The molecule has 2 heterocycles. The van der Waals surface area contributed by atoms with Crippen molar-refractivity contribution in [1.29, 1.82) is 0 Å². The van der Waals surface area contributed by atoms with Gasteiger partial charge in [-0.1, -0.05) is 121 Å². The Hall–Kier alpha value is -5.68. The fourth-order valence-corrected chi connectivity index (χ4v) is 10.5. The molecule has 2 aliphatic rings. The third kappa shape index (κ3) is 5.38. The SMILES string of the molecule is C1=CC[C@H](N(C2=c3sc4ccccc4c3=CCC2)c2ccc(-c3ccc(N(c4ccccc4)c4cccc5c4sc4ccccc45)cc3)cc2)C=C1. The molecule has 0 amide bonds. The summed E-state index contributed by atoms with van der Waals surface area (Å²) in [5.74, 6) is 0. The van der Waals surface area contributed by atoms with Gasteiger partial charge >= 0.3 is 0 Å². The number of anilines is 4. The van der Waals surface area contributed by atoms with Gasteiger partial charge in [0.15, 0.2) is 0 Å². The highest BCUT2D eigenvalue weighted by Crippen LogP contribution is 2.45. The maximum absolute atomic E-state index is 2.61. The number of nitrogens with zero attached hydrogens (tertiary/aromatic N) is 2. The van der Waals surface area contributed by atoms with Crippen LogP contribution in [0.1, 0.15) is 19.3 Å². The molecule has 0 saturated heterocycles. The van der Waals surface area contributed by atoms with Crippen molar-refractivity contribution in [3.63, 3.8) is 0 Å². The second-order valence-electron chi connectivity index (χ2n) is 13.5. The second kappa shape index (κ2) is 13.1. The van der Waals surface area contributed by atoms with Gasteiger partial charge in [0.2, 0.25) is 0 Å². The van der Waals surface area contributed by atoms with E-state index in [2.05, 4.69) is 186 Å². The first-order valence-electron chi connectivity index (χ1n) is 18.1. The first kappa shape index (κ1) is 31.1. The topological polar surface area (TPSA) is 6.48 Å². The average molecular weight is 705 g/mol. The quantitative estimate of drug-likeness (QED) is 0.163. The lowest BCUT2D eigenvalue weighted by atomic mass is 9.99. The standard InChI is InChI=1S/C48H36N2S2/c1-3-13-35(14-4-1)49(43-21-11-19-41-39-17-7-9-23-45(39)51-47(41)43)37-29-25-33(26-30-37)34-27-31-38(32-28-34)50(36-15-5-2-6-16-36)44-22-12-20-42-40-18-8-10-24-46(40)52-48(42)44/h1-11,13-15,17-21,23-32,36H,12,16,22H2/t36-/m1/s1. The molecular formula is C48H36N2S2. The zero-order chi connectivity index (χ0) is 34.4. The van der Waals surface area contributed by atoms with Crippen LogP contribution in [0.25, 0.3) is 53.2 Å². The third-order valence-electron chi connectivity index (χ3n) is 10.4. The van der Waals surface area contributed by atoms with Gasteiger partial charge in [-0.3, -0.25) is 0 Å². The fraction of sp³-hybridized carbons (Fsp3) is 0.0833. The Morgan fingerprint density at radius 2 is 1.19 bits per heavy atom. The molecule has 2 aliphatic carbocycles. The normalized spacial score (nSPS) is 15.2. The van der Waals surface area contributed by atoms with Gasteiger partial charge in [0.25, 0.3) is 0 Å². The Kier molecular flexibility index (Phi) is 7.85. The van der Waals surface area contributed by atoms with Crippen molar-refractivity contribution in [3.8, 4) is 11.1 Å². The maximum atomic E-state index is 2.61. The van der Waals surface area contributed by atoms with Crippen LogP contribution in [-0.4, -0.2) is 6.04 Å². The summed E-state index contributed by atoms with van der Waals surface area (Å²) in [6.07, 6.45) is 14.6. The smallest absolute Gasteiger partial charge is 0.0640 e. The molecule has 0 fully saturated rings. The Morgan fingerprint density at radius 1 is 0.538 bits per heavy atom. The molecule has 8 aromatic rings. The van der Waals surface area contributed by atoms with Gasteiger partial charge in [-0.15, -0.1) is 22.7 Å². The first-order chi connectivity index (χ1) is 25.8. The van der Waals surface area contributed by atoms with Crippen molar-refractivity contribution in [2.75, 3.05) is 9.80 Å². The van der Waals surface area contributed by atoms with Gasteiger partial charge in [-0.25, -0.2) is 0 Å². The average Bonchev–Trinajstić information content (AvgIpc) is 3.79. The molecule has 1 atom stereocenters. The van der Waals surface area contributed by atoms with Crippen molar-refractivity contribution in [1.82, 2.24) is 0 Å². The zero-order valence-electron chi connectivity index (χ0n) is 28.7. The molecule has 0 bridgehead atoms. The molecule has 0 saturated carbocycles. The molecule has 0 radical (unpaired) electrons. The van der Waals surface area contributed by atoms with Gasteiger partial charge in [0, 0.05) is 48.3 Å². The molecule has 0 aliphatic heterocycles. The van der Waals surface area contributed by atoms with Gasteiger partial charge < -0.3 is 9.80 Å². The van der Waals surface area contributed by atoms with Crippen molar-refractivity contribution < 1.29 is 0 Å². The summed E-state index contributed by atoms with van der Waals surface area (Å²) in [6.45, 7) is 0. The van der Waals surface area contributed by atoms with Crippen LogP contribution >= 0.6 is 22.7 Å². The number of benzene rings is 6. The Labute approximate surface area is 311 Å². The number of hydrogen-bond donors (Lipinski definition) is 0. The van der Waals surface area contributed by atoms with Crippen molar-refractivity contribution >= 4 is 87.5 Å². The Morgan fingerprint density at radius 3 is 1.94 bits per heavy atom. The summed E-state index contributed by atoms with van der Waals surface area (Å²) >= 11 is 3.81. The van der Waals surface area contributed by atoms with Crippen molar-refractivity contribution in [2.45, 2.75) is 25.3 Å². The minimum atomic E-state index is 0.288. The van der Waals surface area contributed by atoms with E-state index in [4.69, 9.17) is 0 Å². The molecule has 4 heteroatoms. The van der Waals surface area contributed by atoms with Gasteiger partial charge in [0.1, 0.15) is 0 Å². The first-order valence-corrected chi connectivity index (χ1v) is 19.7. The molecule has 0 unspecified atom stereocenters. The van der Waals surface area contributed by atoms with Crippen LogP contribution < -0.4 is 19.6 Å². The summed E-state index contributed by atoms with van der Waals surface area (Å²) in [5.41, 5.74) is 8.61. The predicted octanol–water partition coefficient (Wildman–Crippen LogP) is 12.5. The number of thiophene rings is 2. The van der Waals surface area contributed by atoms with Crippen molar-refractivity contribution in [2.24, 2.45) is 0 Å². The molecule has 2 nitrogen and oxygen atoms in total. The minimum Gasteiger partial charge on any atom is -0.336 e. The summed E-state index contributed by atoms with van der Waals surface area (Å²) in [5, 5.41) is 5.41. The lowest BCUT2D eigenvalue weighted by Gasteiger charge is -2.35. The van der Waals surface area contributed by atoms with E-state index in [1.54, 1.807) is 0 Å². The van der Waals surface area contributed by atoms with E-state index < -0.39 is 0 Å². The van der Waals surface area contributed by atoms with Crippen LogP contribution in [0, 0.1) is 0 Å². The van der Waals surface area contributed by atoms with E-state index >= 15 is 0 Å². The lowest BCUT2D eigenvalue weighted by Crippen LogP contribution is -2.39.